The molecule has 0 radical (unpaired) electrons. The number of benzene rings is 1. The number of pyridine rings is 1. The number of hydrogen-bond acceptors (Lipinski definition) is 5. The number of methoxy groups -OCH3 is 1. The van der Waals surface area contributed by atoms with Gasteiger partial charge in [0.25, 0.3) is 0 Å². The number of carbonyl (C=O) groups is 1. The highest BCUT2D eigenvalue weighted by atomic mass is 19.4. The van der Waals surface area contributed by atoms with E-state index in [1.165, 1.54) is 31.4 Å². The Morgan fingerprint density at radius 2 is 1.93 bits per heavy atom. The van der Waals surface area contributed by atoms with Crippen LogP contribution in [0.2, 0.25) is 0 Å². The second-order valence-corrected chi connectivity index (χ2v) is 6.75. The lowest BCUT2D eigenvalue weighted by Crippen LogP contribution is -2.31. The molecule has 0 unspecified atom stereocenters. The molecule has 3 N–H and O–H groups in total. The van der Waals surface area contributed by atoms with Crippen LogP contribution in [0.3, 0.4) is 0 Å². The monoisotopic (exact) mass is 422 g/mol. The number of hydrogen-bond donors (Lipinski definition) is 2. The van der Waals surface area contributed by atoms with Gasteiger partial charge in [0.05, 0.1) is 37.2 Å². The van der Waals surface area contributed by atoms with Gasteiger partial charge in [-0.25, -0.2) is 9.79 Å². The summed E-state index contributed by atoms with van der Waals surface area (Å²) in [6.07, 6.45) is -2.75. The van der Waals surface area contributed by atoms with Crippen molar-refractivity contribution < 1.29 is 27.4 Å². The first-order valence-corrected chi connectivity index (χ1v) is 9.22. The van der Waals surface area contributed by atoms with Crippen LogP contribution in [0.15, 0.2) is 41.4 Å². The summed E-state index contributed by atoms with van der Waals surface area (Å²) in [6, 6.07) is 8.81. The van der Waals surface area contributed by atoms with E-state index in [0.717, 1.165) is 18.5 Å². The van der Waals surface area contributed by atoms with Crippen LogP contribution in [0.4, 0.5) is 13.2 Å². The fourth-order valence-corrected chi connectivity index (χ4v) is 2.78. The van der Waals surface area contributed by atoms with Gasteiger partial charge in [-0.15, -0.1) is 13.2 Å². The number of guanidine groups is 1. The average Bonchev–Trinajstić information content (AvgIpc) is 3.55. The first kappa shape index (κ1) is 21.4. The summed E-state index contributed by atoms with van der Waals surface area (Å²) in [5.41, 5.74) is 8.44. The molecule has 0 saturated heterocycles. The van der Waals surface area contributed by atoms with Crippen LogP contribution >= 0.6 is 0 Å². The van der Waals surface area contributed by atoms with Gasteiger partial charge in [0.2, 0.25) is 0 Å². The molecule has 1 aliphatic rings. The second kappa shape index (κ2) is 9.02. The maximum Gasteiger partial charge on any atom is 0.573 e. The van der Waals surface area contributed by atoms with Crippen LogP contribution in [0.25, 0.3) is 0 Å². The van der Waals surface area contributed by atoms with Gasteiger partial charge in [0.15, 0.2) is 5.96 Å². The lowest BCUT2D eigenvalue weighted by Gasteiger charge is -2.10. The van der Waals surface area contributed by atoms with Crippen LogP contribution in [-0.4, -0.2) is 30.4 Å². The second-order valence-electron chi connectivity index (χ2n) is 6.75. The number of aliphatic imine (C=N–C) groups is 1. The van der Waals surface area contributed by atoms with Crippen LogP contribution < -0.4 is 15.8 Å². The molecule has 1 fully saturated rings. The van der Waals surface area contributed by atoms with E-state index < -0.39 is 12.3 Å². The van der Waals surface area contributed by atoms with Crippen LogP contribution in [0.1, 0.15) is 46.1 Å². The van der Waals surface area contributed by atoms with E-state index >= 15 is 0 Å². The zero-order valence-corrected chi connectivity index (χ0v) is 16.2. The van der Waals surface area contributed by atoms with Gasteiger partial charge in [-0.05, 0) is 42.7 Å². The first-order valence-electron chi connectivity index (χ1n) is 9.22. The number of aromatic nitrogens is 1. The third-order valence-corrected chi connectivity index (χ3v) is 4.39. The van der Waals surface area contributed by atoms with Gasteiger partial charge in [0, 0.05) is 5.92 Å². The predicted molar refractivity (Wildman–Crippen MR) is 103 cm³/mol. The van der Waals surface area contributed by atoms with Crippen LogP contribution in [0, 0.1) is 0 Å². The molecule has 1 saturated carbocycles. The van der Waals surface area contributed by atoms with Crippen molar-refractivity contribution in [2.45, 2.75) is 38.2 Å². The summed E-state index contributed by atoms with van der Waals surface area (Å²) < 4.78 is 45.2. The van der Waals surface area contributed by atoms with E-state index in [9.17, 15) is 18.0 Å². The Labute approximate surface area is 171 Å². The molecule has 3 rings (SSSR count). The number of nitrogens with zero attached hydrogens (tertiary/aromatic N) is 2. The van der Waals surface area contributed by atoms with E-state index in [0.29, 0.717) is 23.4 Å². The molecule has 160 valence electrons. The molecule has 1 aromatic heterocycles. The lowest BCUT2D eigenvalue weighted by molar-refractivity contribution is -0.274. The fraction of sp³-hybridized carbons (Fsp3) is 0.350. The van der Waals surface area contributed by atoms with Crippen molar-refractivity contribution in [2.75, 3.05) is 7.11 Å². The molecule has 30 heavy (non-hydrogen) atoms. The Bertz CT molecular complexity index is 926. The number of esters is 1. The van der Waals surface area contributed by atoms with Crippen LogP contribution in [0.5, 0.6) is 5.75 Å². The summed E-state index contributed by atoms with van der Waals surface area (Å²) in [5.74, 6) is -0.266. The zero-order valence-electron chi connectivity index (χ0n) is 16.2. The normalized spacial score (nSPS) is 14.3. The minimum absolute atomic E-state index is 0.164. The molecule has 1 aliphatic carbocycles. The molecule has 0 bridgehead atoms. The van der Waals surface area contributed by atoms with E-state index in [-0.39, 0.29) is 24.2 Å². The van der Waals surface area contributed by atoms with Crippen molar-refractivity contribution in [3.8, 4) is 5.75 Å². The highest BCUT2D eigenvalue weighted by Gasteiger charge is 2.31. The van der Waals surface area contributed by atoms with Crippen molar-refractivity contribution >= 4 is 11.9 Å². The Balaban J connectivity index is 1.56. The van der Waals surface area contributed by atoms with Gasteiger partial charge >= 0.3 is 12.3 Å². The van der Waals surface area contributed by atoms with Crippen molar-refractivity contribution in [1.82, 2.24) is 10.3 Å². The van der Waals surface area contributed by atoms with Crippen molar-refractivity contribution in [3.63, 3.8) is 0 Å². The molecule has 7 nitrogen and oxygen atoms in total. The maximum atomic E-state index is 12.2. The van der Waals surface area contributed by atoms with Crippen LogP contribution in [-0.2, 0) is 17.8 Å². The maximum absolute atomic E-state index is 12.2. The quantitative estimate of drug-likeness (QED) is 0.404. The summed E-state index contributed by atoms with van der Waals surface area (Å²) in [4.78, 5) is 20.6. The Kier molecular flexibility index (Phi) is 6.43. The predicted octanol–water partition coefficient (Wildman–Crippen LogP) is 3.25. The molecular formula is C20H21F3N4O3. The number of nitrogens with two attached hydrogens (primary N) is 1. The minimum atomic E-state index is -4.73. The Morgan fingerprint density at radius 1 is 1.23 bits per heavy atom. The Morgan fingerprint density at radius 3 is 2.53 bits per heavy atom. The number of alkyl halides is 3. The van der Waals surface area contributed by atoms with Crippen molar-refractivity contribution in [3.05, 3.63) is 58.9 Å². The largest absolute Gasteiger partial charge is 0.573 e. The smallest absolute Gasteiger partial charge is 0.465 e. The highest BCUT2D eigenvalue weighted by molar-refractivity contribution is 5.90. The first-order chi connectivity index (χ1) is 14.2. The van der Waals surface area contributed by atoms with Gasteiger partial charge in [-0.3, -0.25) is 4.98 Å². The molecule has 0 aliphatic heterocycles. The molecule has 0 spiro atoms. The molecule has 1 aromatic carbocycles. The molecule has 2 aromatic rings. The SMILES string of the molecule is COC(=O)c1ccc(CNC(N)=NCc2ccc(OC(F)(F)F)cc2)nc1C1CC1. The van der Waals surface area contributed by atoms with Crippen molar-refractivity contribution in [2.24, 2.45) is 10.7 Å². The average molecular weight is 422 g/mol. The topological polar surface area (TPSA) is 98.8 Å². The number of ether oxygens (including phenoxy) is 2. The standard InChI is InChI=1S/C20H21F3N4O3/c1-29-18(28)16-9-6-14(27-17(16)13-4-5-13)11-26-19(24)25-10-12-2-7-15(8-3-12)30-20(21,22)23/h2-3,6-9,13H,4-5,10-11H2,1H3,(H3,24,25,26). The van der Waals surface area contributed by atoms with Crippen molar-refractivity contribution in [1.29, 1.82) is 0 Å². The van der Waals surface area contributed by atoms with E-state index in [1.807, 2.05) is 0 Å². The van der Waals surface area contributed by atoms with Gasteiger partial charge in [-0.2, -0.15) is 0 Å². The van der Waals surface area contributed by atoms with E-state index in [1.54, 1.807) is 12.1 Å². The molecule has 1 heterocycles. The number of rotatable bonds is 7. The number of halogens is 3. The third-order valence-electron chi connectivity index (χ3n) is 4.39. The zero-order chi connectivity index (χ0) is 21.7. The van der Waals surface area contributed by atoms with E-state index in [2.05, 4.69) is 20.0 Å². The molecule has 10 heteroatoms. The molecule has 0 amide bonds. The van der Waals surface area contributed by atoms with E-state index in [4.69, 9.17) is 10.5 Å². The third kappa shape index (κ3) is 6.10. The minimum Gasteiger partial charge on any atom is -0.465 e. The number of nitrogens with one attached hydrogen (secondary N) is 1. The summed E-state index contributed by atoms with van der Waals surface area (Å²) in [6.45, 7) is 0.502. The summed E-state index contributed by atoms with van der Waals surface area (Å²) in [5, 5.41) is 2.94. The summed E-state index contributed by atoms with van der Waals surface area (Å²) >= 11 is 0. The fourth-order valence-electron chi connectivity index (χ4n) is 2.78. The van der Waals surface area contributed by atoms with Gasteiger partial charge in [-0.1, -0.05) is 12.1 Å². The summed E-state index contributed by atoms with van der Waals surface area (Å²) in [7, 11) is 1.34. The lowest BCUT2D eigenvalue weighted by atomic mass is 10.1. The molecule has 0 atom stereocenters. The number of carbonyl (C=O) groups excluding carboxylic acids is 1. The van der Waals surface area contributed by atoms with Gasteiger partial charge < -0.3 is 20.5 Å². The Hall–Kier alpha value is -3.30. The van der Waals surface area contributed by atoms with Gasteiger partial charge in [0.1, 0.15) is 5.75 Å². The molecular weight excluding hydrogens is 401 g/mol. The highest BCUT2D eigenvalue weighted by Crippen LogP contribution is 2.40.